The van der Waals surface area contributed by atoms with Crippen molar-refractivity contribution in [3.8, 4) is 10.6 Å². The summed E-state index contributed by atoms with van der Waals surface area (Å²) in [5, 5.41) is 11.0. The van der Waals surface area contributed by atoms with Crippen LogP contribution in [0.15, 0.2) is 17.5 Å². The molecule has 3 rings (SSSR count). The lowest BCUT2D eigenvalue weighted by Crippen LogP contribution is -2.27. The Morgan fingerprint density at radius 1 is 1.36 bits per heavy atom. The fourth-order valence-electron chi connectivity index (χ4n) is 2.00. The lowest BCUT2D eigenvalue weighted by Gasteiger charge is -2.24. The number of aromatic carboxylic acids is 1. The van der Waals surface area contributed by atoms with Crippen LogP contribution in [0.25, 0.3) is 21.9 Å². The molecule has 0 unspecified atom stereocenters. The molecule has 0 saturated heterocycles. The summed E-state index contributed by atoms with van der Waals surface area (Å²) >= 11 is 1.56. The van der Waals surface area contributed by atoms with Gasteiger partial charge in [-0.15, -0.1) is 11.3 Å². The van der Waals surface area contributed by atoms with E-state index in [9.17, 15) is 4.79 Å². The van der Waals surface area contributed by atoms with Crippen LogP contribution in [0.4, 0.5) is 5.82 Å². The van der Waals surface area contributed by atoms with E-state index < -0.39 is 5.97 Å². The number of carbonyl (C=O) groups is 1. The van der Waals surface area contributed by atoms with Crippen LogP contribution in [0.5, 0.6) is 0 Å². The number of imidazole rings is 1. The molecule has 0 aliphatic rings. The summed E-state index contributed by atoms with van der Waals surface area (Å²) < 4.78 is 0. The van der Waals surface area contributed by atoms with Gasteiger partial charge in [-0.25, -0.2) is 19.7 Å². The largest absolute Gasteiger partial charge is 0.475 e. The highest BCUT2D eigenvalue weighted by atomic mass is 32.1. The number of anilines is 1. The van der Waals surface area contributed by atoms with E-state index in [-0.39, 0.29) is 11.9 Å². The monoisotopic (exact) mass is 317 g/mol. The van der Waals surface area contributed by atoms with E-state index in [1.54, 1.807) is 11.3 Å². The number of nitrogens with zero attached hydrogens (tertiary/aromatic N) is 4. The SMILES string of the molecule is CC(C)N(C)c1nc2nc(C(=O)O)[nH]c2nc1-c1cccs1. The molecule has 0 fully saturated rings. The number of aromatic amines is 1. The highest BCUT2D eigenvalue weighted by Crippen LogP contribution is 2.32. The van der Waals surface area contributed by atoms with E-state index in [0.717, 1.165) is 10.6 Å². The molecule has 7 nitrogen and oxygen atoms in total. The number of rotatable bonds is 4. The second-order valence-electron chi connectivity index (χ2n) is 5.14. The molecule has 3 aromatic heterocycles. The van der Waals surface area contributed by atoms with Gasteiger partial charge < -0.3 is 15.0 Å². The number of aromatic nitrogens is 4. The summed E-state index contributed by atoms with van der Waals surface area (Å²) in [5.74, 6) is -0.596. The molecule has 0 aliphatic heterocycles. The first-order valence-electron chi connectivity index (χ1n) is 6.75. The topological polar surface area (TPSA) is 95.0 Å². The molecule has 22 heavy (non-hydrogen) atoms. The van der Waals surface area contributed by atoms with E-state index in [2.05, 4.69) is 33.8 Å². The Hall–Kier alpha value is -2.48. The van der Waals surface area contributed by atoms with Gasteiger partial charge in [0.25, 0.3) is 0 Å². The van der Waals surface area contributed by atoms with Gasteiger partial charge in [-0.3, -0.25) is 0 Å². The van der Waals surface area contributed by atoms with Crippen LogP contribution >= 0.6 is 11.3 Å². The quantitative estimate of drug-likeness (QED) is 0.768. The van der Waals surface area contributed by atoms with Gasteiger partial charge >= 0.3 is 5.97 Å². The fourth-order valence-corrected chi connectivity index (χ4v) is 2.71. The van der Waals surface area contributed by atoms with Crippen LogP contribution in [-0.2, 0) is 0 Å². The number of thiophene rings is 1. The van der Waals surface area contributed by atoms with E-state index in [4.69, 9.17) is 5.11 Å². The third kappa shape index (κ3) is 2.41. The van der Waals surface area contributed by atoms with E-state index in [0.29, 0.717) is 17.1 Å². The average Bonchev–Trinajstić information content (AvgIpc) is 3.13. The maximum Gasteiger partial charge on any atom is 0.372 e. The average molecular weight is 317 g/mol. The van der Waals surface area contributed by atoms with Gasteiger partial charge in [0.05, 0.1) is 4.88 Å². The minimum Gasteiger partial charge on any atom is -0.475 e. The molecule has 0 saturated carbocycles. The maximum atomic E-state index is 11.1. The van der Waals surface area contributed by atoms with Crippen molar-refractivity contribution in [1.82, 2.24) is 19.9 Å². The molecule has 0 radical (unpaired) electrons. The molecule has 3 heterocycles. The lowest BCUT2D eigenvalue weighted by atomic mass is 10.2. The van der Waals surface area contributed by atoms with Crippen LogP contribution in [0.3, 0.4) is 0 Å². The van der Waals surface area contributed by atoms with Crippen LogP contribution in [0.2, 0.25) is 0 Å². The maximum absolute atomic E-state index is 11.1. The molecule has 0 atom stereocenters. The second kappa shape index (κ2) is 5.38. The minimum absolute atomic E-state index is 0.156. The van der Waals surface area contributed by atoms with Crippen molar-refractivity contribution in [1.29, 1.82) is 0 Å². The molecule has 0 amide bonds. The van der Waals surface area contributed by atoms with Crippen molar-refractivity contribution >= 4 is 34.4 Å². The van der Waals surface area contributed by atoms with Gasteiger partial charge in [0.2, 0.25) is 5.82 Å². The Morgan fingerprint density at radius 2 is 2.14 bits per heavy atom. The molecule has 0 bridgehead atoms. The van der Waals surface area contributed by atoms with Crippen molar-refractivity contribution < 1.29 is 9.90 Å². The Kier molecular flexibility index (Phi) is 3.53. The molecule has 114 valence electrons. The Morgan fingerprint density at radius 3 is 2.73 bits per heavy atom. The van der Waals surface area contributed by atoms with Crippen molar-refractivity contribution in [2.75, 3.05) is 11.9 Å². The molecule has 0 aromatic carbocycles. The summed E-state index contributed by atoms with van der Waals surface area (Å²) in [6.07, 6.45) is 0. The summed E-state index contributed by atoms with van der Waals surface area (Å²) in [7, 11) is 1.93. The smallest absolute Gasteiger partial charge is 0.372 e. The molecule has 3 aromatic rings. The number of carboxylic acid groups (broad SMARTS) is 1. The van der Waals surface area contributed by atoms with Gasteiger partial charge in [0.15, 0.2) is 17.1 Å². The first-order valence-corrected chi connectivity index (χ1v) is 7.63. The van der Waals surface area contributed by atoms with Gasteiger partial charge in [-0.1, -0.05) is 6.07 Å². The number of nitrogens with one attached hydrogen (secondary N) is 1. The van der Waals surface area contributed by atoms with Crippen LogP contribution in [-0.4, -0.2) is 44.1 Å². The van der Waals surface area contributed by atoms with Crippen LogP contribution < -0.4 is 4.90 Å². The summed E-state index contributed by atoms with van der Waals surface area (Å²) in [4.78, 5) is 29.8. The molecule has 0 aliphatic carbocycles. The minimum atomic E-state index is -1.13. The van der Waals surface area contributed by atoms with Gasteiger partial charge in [0.1, 0.15) is 5.69 Å². The Balaban J connectivity index is 2.25. The first kappa shape index (κ1) is 14.5. The third-order valence-electron chi connectivity index (χ3n) is 3.38. The fraction of sp³-hybridized carbons (Fsp3) is 0.286. The molecule has 0 spiro atoms. The van der Waals surface area contributed by atoms with Crippen molar-refractivity contribution in [2.45, 2.75) is 19.9 Å². The summed E-state index contributed by atoms with van der Waals surface area (Å²) in [5.41, 5.74) is 1.40. The van der Waals surface area contributed by atoms with Crippen molar-refractivity contribution in [3.63, 3.8) is 0 Å². The van der Waals surface area contributed by atoms with Crippen molar-refractivity contribution in [3.05, 3.63) is 23.3 Å². The molecule has 8 heteroatoms. The van der Waals surface area contributed by atoms with Gasteiger partial charge in [-0.2, -0.15) is 0 Å². The standard InChI is InChI=1S/C14H15N5O2S/c1-7(2)19(3)13-9(8-5-4-6-22-8)15-10-11(18-13)17-12(16-10)14(20)21/h4-7H,1-3H3,(H,20,21)(H,15,16,17,18). The number of H-pyrrole nitrogens is 1. The Labute approximate surface area is 130 Å². The summed E-state index contributed by atoms with van der Waals surface area (Å²) in [6, 6.07) is 4.14. The van der Waals surface area contributed by atoms with Crippen LogP contribution in [0.1, 0.15) is 24.5 Å². The molecule has 2 N–H and O–H groups in total. The highest BCUT2D eigenvalue weighted by molar-refractivity contribution is 7.13. The zero-order valence-corrected chi connectivity index (χ0v) is 13.2. The predicted molar refractivity (Wildman–Crippen MR) is 85.5 cm³/mol. The normalized spacial score (nSPS) is 11.3. The van der Waals surface area contributed by atoms with Crippen LogP contribution in [0, 0.1) is 0 Å². The zero-order valence-electron chi connectivity index (χ0n) is 12.4. The van der Waals surface area contributed by atoms with Gasteiger partial charge in [0, 0.05) is 13.1 Å². The predicted octanol–water partition coefficient (Wildman–Crippen LogP) is 2.62. The van der Waals surface area contributed by atoms with E-state index >= 15 is 0 Å². The van der Waals surface area contributed by atoms with E-state index in [1.807, 2.05) is 29.5 Å². The summed E-state index contributed by atoms with van der Waals surface area (Å²) in [6.45, 7) is 4.11. The Bertz CT molecular complexity index is 825. The third-order valence-corrected chi connectivity index (χ3v) is 4.26. The number of carboxylic acids is 1. The number of hydrogen-bond acceptors (Lipinski definition) is 6. The second-order valence-corrected chi connectivity index (χ2v) is 6.09. The zero-order chi connectivity index (χ0) is 15.9. The molecular formula is C14H15N5O2S. The van der Waals surface area contributed by atoms with Crippen molar-refractivity contribution in [2.24, 2.45) is 0 Å². The number of fused-ring (bicyclic) bond motifs is 1. The number of hydrogen-bond donors (Lipinski definition) is 2. The van der Waals surface area contributed by atoms with E-state index in [1.165, 1.54) is 0 Å². The first-order chi connectivity index (χ1) is 10.5. The van der Waals surface area contributed by atoms with Gasteiger partial charge in [-0.05, 0) is 25.3 Å². The lowest BCUT2D eigenvalue weighted by molar-refractivity contribution is 0.0685. The molecular weight excluding hydrogens is 302 g/mol. The highest BCUT2D eigenvalue weighted by Gasteiger charge is 2.20.